The van der Waals surface area contributed by atoms with Gasteiger partial charge in [-0.2, -0.15) is 5.10 Å². The van der Waals surface area contributed by atoms with Crippen molar-refractivity contribution in [2.75, 3.05) is 4.72 Å². The Bertz CT molecular complexity index is 789. The summed E-state index contributed by atoms with van der Waals surface area (Å²) in [6.45, 7) is -0.462. The largest absolute Gasteiger partial charge is 0.480 e. The molecule has 0 fully saturated rings. The summed E-state index contributed by atoms with van der Waals surface area (Å²) in [7, 11) is -4.35. The highest BCUT2D eigenvalue weighted by molar-refractivity contribution is 7.92. The lowest BCUT2D eigenvalue weighted by atomic mass is 10.3. The summed E-state index contributed by atoms with van der Waals surface area (Å²) < 4.78 is 53.3. The molecule has 0 saturated carbocycles. The van der Waals surface area contributed by atoms with Gasteiger partial charge in [-0.15, -0.1) is 0 Å². The van der Waals surface area contributed by atoms with Crippen molar-refractivity contribution in [2.24, 2.45) is 0 Å². The molecule has 0 amide bonds. The van der Waals surface area contributed by atoms with E-state index in [-0.39, 0.29) is 5.69 Å². The highest BCUT2D eigenvalue weighted by Crippen LogP contribution is 2.19. The third-order valence-corrected chi connectivity index (χ3v) is 3.76. The van der Waals surface area contributed by atoms with Gasteiger partial charge in [0.1, 0.15) is 23.1 Å². The van der Waals surface area contributed by atoms with E-state index in [4.69, 9.17) is 5.11 Å². The van der Waals surface area contributed by atoms with Crippen LogP contribution in [0, 0.1) is 11.6 Å². The number of carbonyl (C=O) groups is 1. The highest BCUT2D eigenvalue weighted by atomic mass is 32.2. The van der Waals surface area contributed by atoms with Crippen molar-refractivity contribution in [1.82, 2.24) is 9.78 Å². The molecule has 1 aromatic carbocycles. The van der Waals surface area contributed by atoms with Crippen LogP contribution < -0.4 is 4.72 Å². The van der Waals surface area contributed by atoms with Crippen molar-refractivity contribution < 1.29 is 27.1 Å². The van der Waals surface area contributed by atoms with Crippen LogP contribution in [0.25, 0.3) is 0 Å². The third-order valence-electron chi connectivity index (χ3n) is 2.37. The first-order chi connectivity index (χ1) is 9.78. The minimum atomic E-state index is -4.35. The molecule has 0 atom stereocenters. The number of benzene rings is 1. The zero-order valence-electron chi connectivity index (χ0n) is 10.3. The summed E-state index contributed by atoms with van der Waals surface area (Å²) in [6.07, 6.45) is 2.17. The van der Waals surface area contributed by atoms with Gasteiger partial charge in [-0.05, 0) is 18.2 Å². The minimum absolute atomic E-state index is 0.0695. The second-order valence-corrected chi connectivity index (χ2v) is 5.65. The van der Waals surface area contributed by atoms with Crippen molar-refractivity contribution in [3.63, 3.8) is 0 Å². The van der Waals surface area contributed by atoms with Gasteiger partial charge < -0.3 is 5.11 Å². The summed E-state index contributed by atoms with van der Waals surface area (Å²) in [5.41, 5.74) is -0.0695. The number of anilines is 1. The molecule has 21 heavy (non-hydrogen) atoms. The van der Waals surface area contributed by atoms with Crippen molar-refractivity contribution >= 4 is 21.7 Å². The number of sulfonamides is 1. The maximum atomic E-state index is 13.5. The average Bonchev–Trinajstić information content (AvgIpc) is 2.77. The maximum absolute atomic E-state index is 13.5. The molecule has 112 valence electrons. The number of aliphatic carboxylic acids is 1. The van der Waals surface area contributed by atoms with E-state index in [1.807, 2.05) is 4.72 Å². The first kappa shape index (κ1) is 14.9. The van der Waals surface area contributed by atoms with E-state index < -0.39 is 39.1 Å². The van der Waals surface area contributed by atoms with Gasteiger partial charge >= 0.3 is 5.97 Å². The fourth-order valence-corrected chi connectivity index (χ4v) is 2.65. The second kappa shape index (κ2) is 5.48. The number of aromatic nitrogens is 2. The Morgan fingerprint density at radius 2 is 2.10 bits per heavy atom. The molecular weight excluding hydrogens is 308 g/mol. The Balaban J connectivity index is 2.27. The van der Waals surface area contributed by atoms with Gasteiger partial charge in [0.2, 0.25) is 0 Å². The van der Waals surface area contributed by atoms with Crippen LogP contribution in [-0.4, -0.2) is 29.3 Å². The molecule has 1 heterocycles. The van der Waals surface area contributed by atoms with Crippen LogP contribution in [0.15, 0.2) is 35.5 Å². The first-order valence-corrected chi connectivity index (χ1v) is 6.98. The Morgan fingerprint density at radius 3 is 2.76 bits per heavy atom. The zero-order valence-corrected chi connectivity index (χ0v) is 11.1. The lowest BCUT2D eigenvalue weighted by Crippen LogP contribution is -2.14. The summed E-state index contributed by atoms with van der Waals surface area (Å²) in [6, 6.07) is 2.02. The van der Waals surface area contributed by atoms with Gasteiger partial charge in [-0.25, -0.2) is 17.2 Å². The normalized spacial score (nSPS) is 11.3. The van der Waals surface area contributed by atoms with E-state index in [2.05, 4.69) is 5.10 Å². The van der Waals surface area contributed by atoms with Gasteiger partial charge in [0, 0.05) is 6.20 Å². The second-order valence-electron chi connectivity index (χ2n) is 4.00. The van der Waals surface area contributed by atoms with Crippen molar-refractivity contribution in [1.29, 1.82) is 0 Å². The highest BCUT2D eigenvalue weighted by Gasteiger charge is 2.20. The maximum Gasteiger partial charge on any atom is 0.325 e. The number of carboxylic acid groups (broad SMARTS) is 1. The lowest BCUT2D eigenvalue weighted by Gasteiger charge is -2.06. The Kier molecular flexibility index (Phi) is 3.89. The number of hydrogen-bond acceptors (Lipinski definition) is 4. The number of carboxylic acids is 1. The molecule has 0 radical (unpaired) electrons. The third kappa shape index (κ3) is 3.54. The fraction of sp³-hybridized carbons (Fsp3) is 0.0909. The summed E-state index contributed by atoms with van der Waals surface area (Å²) in [5, 5.41) is 12.2. The van der Waals surface area contributed by atoms with Crippen molar-refractivity contribution in [3.05, 3.63) is 42.2 Å². The van der Waals surface area contributed by atoms with Crippen LogP contribution in [0.3, 0.4) is 0 Å². The van der Waals surface area contributed by atoms with Crippen LogP contribution in [0.5, 0.6) is 0 Å². The van der Waals surface area contributed by atoms with Crippen molar-refractivity contribution in [2.45, 2.75) is 11.4 Å². The summed E-state index contributed by atoms with van der Waals surface area (Å²) in [4.78, 5) is 9.62. The van der Waals surface area contributed by atoms with Crippen LogP contribution in [0.4, 0.5) is 14.5 Å². The predicted molar refractivity (Wildman–Crippen MR) is 67.0 cm³/mol. The molecular formula is C11H9F2N3O4S. The standard InChI is InChI=1S/C11H9F2N3O4S/c12-7-1-2-9(13)10(3-7)21(19,20)15-8-4-14-16(5-8)6-11(17)18/h1-5,15H,6H2,(H,17,18). The number of rotatable bonds is 5. The number of hydrogen-bond donors (Lipinski definition) is 2. The van der Waals surface area contributed by atoms with Crippen LogP contribution in [0.1, 0.15) is 0 Å². The number of nitrogens with one attached hydrogen (secondary N) is 1. The van der Waals surface area contributed by atoms with Crippen LogP contribution in [-0.2, 0) is 21.4 Å². The molecule has 2 N–H and O–H groups in total. The first-order valence-electron chi connectivity index (χ1n) is 5.50. The smallest absolute Gasteiger partial charge is 0.325 e. The molecule has 0 aliphatic carbocycles. The predicted octanol–water partition coefficient (Wildman–Crippen LogP) is 1.05. The fourth-order valence-electron chi connectivity index (χ4n) is 1.53. The van der Waals surface area contributed by atoms with E-state index in [0.717, 1.165) is 23.1 Å². The van der Waals surface area contributed by atoms with E-state index in [9.17, 15) is 22.0 Å². The number of halogens is 2. The quantitative estimate of drug-likeness (QED) is 0.858. The molecule has 0 bridgehead atoms. The molecule has 0 aliphatic rings. The summed E-state index contributed by atoms with van der Waals surface area (Å²) >= 11 is 0. The van der Waals surface area contributed by atoms with Gasteiger partial charge in [0.15, 0.2) is 0 Å². The van der Waals surface area contributed by atoms with E-state index in [0.29, 0.717) is 12.1 Å². The van der Waals surface area contributed by atoms with Gasteiger partial charge in [-0.3, -0.25) is 14.2 Å². The monoisotopic (exact) mass is 317 g/mol. The molecule has 0 aliphatic heterocycles. The lowest BCUT2D eigenvalue weighted by molar-refractivity contribution is -0.137. The number of nitrogens with zero attached hydrogens (tertiary/aromatic N) is 2. The SMILES string of the molecule is O=C(O)Cn1cc(NS(=O)(=O)c2cc(F)ccc2F)cn1. The molecule has 0 spiro atoms. The molecule has 7 nitrogen and oxygen atoms in total. The van der Waals surface area contributed by atoms with Gasteiger partial charge in [0.05, 0.1) is 11.9 Å². The molecule has 0 saturated heterocycles. The van der Waals surface area contributed by atoms with E-state index in [1.165, 1.54) is 0 Å². The zero-order chi connectivity index (χ0) is 15.6. The van der Waals surface area contributed by atoms with Gasteiger partial charge in [-0.1, -0.05) is 0 Å². The Hall–Kier alpha value is -2.49. The molecule has 2 rings (SSSR count). The molecule has 2 aromatic rings. The van der Waals surface area contributed by atoms with Crippen molar-refractivity contribution in [3.8, 4) is 0 Å². The summed E-state index contributed by atoms with van der Waals surface area (Å²) in [5.74, 6) is -3.18. The minimum Gasteiger partial charge on any atom is -0.480 e. The topological polar surface area (TPSA) is 101 Å². The Morgan fingerprint density at radius 1 is 1.38 bits per heavy atom. The van der Waals surface area contributed by atoms with E-state index in [1.54, 1.807) is 0 Å². The molecule has 10 heteroatoms. The average molecular weight is 317 g/mol. The Labute approximate surface area is 117 Å². The van der Waals surface area contributed by atoms with E-state index >= 15 is 0 Å². The van der Waals surface area contributed by atoms with Crippen LogP contribution in [0.2, 0.25) is 0 Å². The molecule has 1 aromatic heterocycles. The molecule has 0 unspecified atom stereocenters. The van der Waals surface area contributed by atoms with Gasteiger partial charge in [0.25, 0.3) is 10.0 Å². The van der Waals surface area contributed by atoms with Crippen LogP contribution >= 0.6 is 0 Å².